The number of carbonyl (C=O) groups excluding carboxylic acids is 3. The molecule has 0 radical (unpaired) electrons. The Morgan fingerprint density at radius 3 is 2.21 bits per heavy atom. The number of nitrogens with one attached hydrogen (secondary N) is 2. The van der Waals surface area contributed by atoms with Crippen molar-refractivity contribution in [2.75, 3.05) is 0 Å². The average Bonchev–Trinajstić information content (AvgIpc) is 2.29. The predicted molar refractivity (Wildman–Crippen MR) is 78.0 cm³/mol. The molecule has 0 aliphatic carbocycles. The third kappa shape index (κ3) is 6.17. The van der Waals surface area contributed by atoms with Gasteiger partial charge in [0.05, 0.1) is 18.6 Å². The van der Waals surface area contributed by atoms with Crippen LogP contribution >= 0.6 is 7.82 Å². The van der Waals surface area contributed by atoms with Gasteiger partial charge in [-0.3, -0.25) is 14.4 Å². The van der Waals surface area contributed by atoms with Crippen molar-refractivity contribution in [1.29, 1.82) is 0 Å². The zero-order valence-electron chi connectivity index (χ0n) is 13.6. The highest BCUT2D eigenvalue weighted by molar-refractivity contribution is 7.46. The largest absolute Gasteiger partial charge is 0.473 e. The summed E-state index contributed by atoms with van der Waals surface area (Å²) in [4.78, 5) is 52.2. The monoisotopic (exact) mass is 368 g/mol. The molecule has 0 aromatic heterocycles. The minimum atomic E-state index is -5.06. The number of carbonyl (C=O) groups is 3. The third-order valence-electron chi connectivity index (χ3n) is 3.07. The second kappa shape index (κ2) is 7.58. The molecular formula is C12H21N2O9P. The summed E-state index contributed by atoms with van der Waals surface area (Å²) >= 11 is 0. The van der Waals surface area contributed by atoms with Crippen LogP contribution in [-0.2, 0) is 32.9 Å². The second-order valence-electron chi connectivity index (χ2n) is 5.42. The van der Waals surface area contributed by atoms with Crippen LogP contribution in [0.15, 0.2) is 0 Å². The predicted octanol–water partition coefficient (Wildman–Crippen LogP) is -0.869. The maximum absolute atomic E-state index is 11.4. The molecule has 1 saturated heterocycles. The number of rotatable bonds is 5. The van der Waals surface area contributed by atoms with Crippen LogP contribution in [-0.4, -0.2) is 51.7 Å². The van der Waals surface area contributed by atoms with Crippen molar-refractivity contribution in [3.63, 3.8) is 0 Å². The highest BCUT2D eigenvalue weighted by atomic mass is 31.2. The van der Waals surface area contributed by atoms with E-state index in [0.717, 1.165) is 13.8 Å². The molecule has 0 saturated carbocycles. The topological polar surface area (TPSA) is 160 Å². The van der Waals surface area contributed by atoms with Crippen molar-refractivity contribution in [2.45, 2.75) is 58.3 Å². The van der Waals surface area contributed by atoms with E-state index in [1.807, 2.05) is 0 Å². The van der Waals surface area contributed by atoms with Crippen LogP contribution in [0.25, 0.3) is 0 Å². The van der Waals surface area contributed by atoms with Crippen LogP contribution in [0.5, 0.6) is 0 Å². The molecule has 0 bridgehead atoms. The van der Waals surface area contributed by atoms with Gasteiger partial charge in [0.1, 0.15) is 6.10 Å². The van der Waals surface area contributed by atoms with Gasteiger partial charge in [-0.2, -0.15) is 0 Å². The quantitative estimate of drug-likeness (QED) is 0.275. The Bertz CT molecular complexity index is 563. The fourth-order valence-electron chi connectivity index (χ4n) is 2.51. The van der Waals surface area contributed by atoms with E-state index in [1.165, 1.54) is 13.8 Å². The SMILES string of the molecule is CC(=O)N[C@@H]1[C@@H](C)O[C@](NC(C)=O)(OP(=O)(O)O)C[C@H]1OC(C)=O. The van der Waals surface area contributed by atoms with Crippen molar-refractivity contribution in [2.24, 2.45) is 0 Å². The molecule has 0 spiro atoms. The summed E-state index contributed by atoms with van der Waals surface area (Å²) in [5.74, 6) is -4.00. The minimum Gasteiger partial charge on any atom is -0.460 e. The Labute approximate surface area is 138 Å². The first-order valence-electron chi connectivity index (χ1n) is 7.01. The van der Waals surface area contributed by atoms with Crippen LogP contribution in [0.4, 0.5) is 0 Å². The molecule has 1 rings (SSSR count). The van der Waals surface area contributed by atoms with Crippen LogP contribution in [0, 0.1) is 0 Å². The van der Waals surface area contributed by atoms with Crippen molar-refractivity contribution >= 4 is 25.6 Å². The lowest BCUT2D eigenvalue weighted by Crippen LogP contribution is -2.66. The van der Waals surface area contributed by atoms with E-state index in [1.54, 1.807) is 0 Å². The van der Waals surface area contributed by atoms with Gasteiger partial charge in [0.2, 0.25) is 11.8 Å². The van der Waals surface area contributed by atoms with Gasteiger partial charge < -0.3 is 29.9 Å². The Morgan fingerprint density at radius 1 is 1.21 bits per heavy atom. The summed E-state index contributed by atoms with van der Waals surface area (Å²) in [6, 6.07) is -0.798. The molecule has 11 nitrogen and oxygen atoms in total. The smallest absolute Gasteiger partial charge is 0.460 e. The molecule has 24 heavy (non-hydrogen) atoms. The summed E-state index contributed by atoms with van der Waals surface area (Å²) in [5.41, 5.74) is 0. The van der Waals surface area contributed by atoms with E-state index in [2.05, 4.69) is 15.2 Å². The Morgan fingerprint density at radius 2 is 1.79 bits per heavy atom. The first kappa shape index (κ1) is 20.5. The summed E-state index contributed by atoms with van der Waals surface area (Å²) in [7, 11) is -5.06. The molecular weight excluding hydrogens is 347 g/mol. The van der Waals surface area contributed by atoms with Crippen molar-refractivity contribution in [3.8, 4) is 0 Å². The van der Waals surface area contributed by atoms with Gasteiger partial charge in [-0.1, -0.05) is 0 Å². The molecule has 0 unspecified atom stereocenters. The number of esters is 1. The first-order valence-corrected chi connectivity index (χ1v) is 8.54. The summed E-state index contributed by atoms with van der Waals surface area (Å²) in [5, 5.41) is 4.72. The number of amides is 2. The maximum atomic E-state index is 11.4. The van der Waals surface area contributed by atoms with Crippen LogP contribution < -0.4 is 10.6 Å². The molecule has 1 aliphatic heterocycles. The second-order valence-corrected chi connectivity index (χ2v) is 6.58. The molecule has 2 amide bonds. The molecule has 1 heterocycles. The fourth-order valence-corrected chi connectivity index (χ4v) is 3.06. The van der Waals surface area contributed by atoms with Gasteiger partial charge in [0.25, 0.3) is 5.91 Å². The summed E-state index contributed by atoms with van der Waals surface area (Å²) < 4.78 is 26.4. The van der Waals surface area contributed by atoms with E-state index in [-0.39, 0.29) is 0 Å². The molecule has 138 valence electrons. The number of ether oxygens (including phenoxy) is 2. The minimum absolute atomic E-state index is 0.421. The van der Waals surface area contributed by atoms with Gasteiger partial charge in [-0.05, 0) is 6.92 Å². The number of hydrogen-bond donors (Lipinski definition) is 4. The van der Waals surface area contributed by atoms with Gasteiger partial charge in [0.15, 0.2) is 0 Å². The fraction of sp³-hybridized carbons (Fsp3) is 0.750. The Kier molecular flexibility index (Phi) is 6.48. The van der Waals surface area contributed by atoms with E-state index < -0.39 is 56.2 Å². The van der Waals surface area contributed by atoms with Crippen LogP contribution in [0.2, 0.25) is 0 Å². The molecule has 1 aliphatic rings. The number of phosphoric ester groups is 1. The molecule has 4 atom stereocenters. The molecule has 0 aromatic carbocycles. The number of hydrogen-bond acceptors (Lipinski definition) is 7. The third-order valence-corrected chi connectivity index (χ3v) is 3.61. The average molecular weight is 368 g/mol. The van der Waals surface area contributed by atoms with E-state index >= 15 is 0 Å². The summed E-state index contributed by atoms with van der Waals surface area (Å²) in [6.07, 6.45) is -2.38. The standard InChI is InChI=1S/C12H21N2O9P/c1-6-11(13-7(2)15)10(21-9(4)17)5-12(22-6,14-8(3)16)23-24(18,19)20/h6,10-11H,5H2,1-4H3,(H,13,15)(H,14,16)(H2,18,19,20)/t6-,10-,11-,12+/m1/s1. The highest BCUT2D eigenvalue weighted by Crippen LogP contribution is 2.45. The lowest BCUT2D eigenvalue weighted by Gasteiger charge is -2.46. The highest BCUT2D eigenvalue weighted by Gasteiger charge is 2.52. The molecule has 0 aromatic rings. The van der Waals surface area contributed by atoms with Gasteiger partial charge in [-0.15, -0.1) is 0 Å². The Hall–Kier alpha value is -1.52. The van der Waals surface area contributed by atoms with E-state index in [4.69, 9.17) is 19.3 Å². The first-order chi connectivity index (χ1) is 10.8. The van der Waals surface area contributed by atoms with E-state index in [0.29, 0.717) is 0 Å². The molecule has 1 fully saturated rings. The van der Waals surface area contributed by atoms with Crippen LogP contribution in [0.3, 0.4) is 0 Å². The Balaban J connectivity index is 3.18. The zero-order chi connectivity index (χ0) is 18.7. The van der Waals surface area contributed by atoms with Gasteiger partial charge in [0, 0.05) is 20.8 Å². The normalized spacial score (nSPS) is 30.3. The van der Waals surface area contributed by atoms with Crippen LogP contribution in [0.1, 0.15) is 34.1 Å². The van der Waals surface area contributed by atoms with Crippen molar-refractivity contribution in [1.82, 2.24) is 10.6 Å². The van der Waals surface area contributed by atoms with E-state index in [9.17, 15) is 18.9 Å². The lowest BCUT2D eigenvalue weighted by atomic mass is 9.96. The molecule has 4 N–H and O–H groups in total. The zero-order valence-corrected chi connectivity index (χ0v) is 14.5. The lowest BCUT2D eigenvalue weighted by molar-refractivity contribution is -0.280. The van der Waals surface area contributed by atoms with Gasteiger partial charge in [-0.25, -0.2) is 9.09 Å². The summed E-state index contributed by atoms with van der Waals surface area (Å²) in [6.45, 7) is 4.95. The maximum Gasteiger partial charge on any atom is 0.473 e. The number of phosphoric acid groups is 1. The van der Waals surface area contributed by atoms with Gasteiger partial charge >= 0.3 is 13.8 Å². The van der Waals surface area contributed by atoms with Crippen molar-refractivity contribution < 1.29 is 42.7 Å². The van der Waals surface area contributed by atoms with Crippen molar-refractivity contribution in [3.05, 3.63) is 0 Å². The molecule has 12 heteroatoms.